The van der Waals surface area contributed by atoms with Crippen molar-refractivity contribution >= 4 is 11.9 Å². The first kappa shape index (κ1) is 19.4. The molecule has 154 valence electrons. The standard InChI is InChI=1S/C21H28N6O2/c1-15-24-25-19-10-9-18(14-27(15)19)23-21(29)22-13-16-5-7-17(8-6-16)20(28)26-11-3-2-4-12-26/h5-8,18H,2-4,9-14H2,1H3,(H2,22,23,29). The highest BCUT2D eigenvalue weighted by atomic mass is 16.2. The van der Waals surface area contributed by atoms with Gasteiger partial charge in [0.15, 0.2) is 0 Å². The van der Waals surface area contributed by atoms with Gasteiger partial charge in [0.2, 0.25) is 0 Å². The van der Waals surface area contributed by atoms with Gasteiger partial charge in [0.1, 0.15) is 11.6 Å². The van der Waals surface area contributed by atoms with Crippen LogP contribution in [0, 0.1) is 6.92 Å². The molecule has 0 spiro atoms. The third kappa shape index (κ3) is 4.58. The number of hydrogen-bond donors (Lipinski definition) is 2. The molecule has 1 saturated heterocycles. The molecule has 1 atom stereocenters. The number of likely N-dealkylation sites (tertiary alicyclic amines) is 1. The Kier molecular flexibility index (Phi) is 5.78. The number of benzene rings is 1. The number of hydrogen-bond acceptors (Lipinski definition) is 4. The van der Waals surface area contributed by atoms with Crippen LogP contribution in [0.4, 0.5) is 4.79 Å². The molecule has 0 bridgehead atoms. The molecule has 1 fully saturated rings. The maximum absolute atomic E-state index is 12.5. The molecular weight excluding hydrogens is 368 g/mol. The van der Waals surface area contributed by atoms with Gasteiger partial charge >= 0.3 is 6.03 Å². The van der Waals surface area contributed by atoms with Gasteiger partial charge in [-0.1, -0.05) is 12.1 Å². The number of aryl methyl sites for hydroxylation is 2. The second-order valence-electron chi connectivity index (χ2n) is 7.89. The van der Waals surface area contributed by atoms with Crippen LogP contribution in [0.5, 0.6) is 0 Å². The Balaban J connectivity index is 1.25. The molecule has 2 N–H and O–H groups in total. The SMILES string of the molecule is Cc1nnc2n1CC(NC(=O)NCc1ccc(C(=O)N3CCCCC3)cc1)CC2. The van der Waals surface area contributed by atoms with E-state index >= 15 is 0 Å². The average Bonchev–Trinajstić information content (AvgIpc) is 3.13. The van der Waals surface area contributed by atoms with E-state index in [0.29, 0.717) is 18.7 Å². The second kappa shape index (κ2) is 8.63. The first-order valence-electron chi connectivity index (χ1n) is 10.4. The quantitative estimate of drug-likeness (QED) is 0.827. The number of rotatable bonds is 4. The van der Waals surface area contributed by atoms with Crippen molar-refractivity contribution in [2.24, 2.45) is 0 Å². The highest BCUT2D eigenvalue weighted by Gasteiger charge is 2.22. The molecule has 1 unspecified atom stereocenters. The third-order valence-electron chi connectivity index (χ3n) is 5.76. The van der Waals surface area contributed by atoms with E-state index in [1.165, 1.54) is 6.42 Å². The van der Waals surface area contributed by atoms with Crippen molar-refractivity contribution < 1.29 is 9.59 Å². The van der Waals surface area contributed by atoms with Crippen LogP contribution in [0.25, 0.3) is 0 Å². The van der Waals surface area contributed by atoms with E-state index in [1.807, 2.05) is 36.1 Å². The number of carbonyl (C=O) groups is 2. The number of aromatic nitrogens is 3. The minimum atomic E-state index is -0.183. The normalized spacial score (nSPS) is 18.8. The minimum absolute atomic E-state index is 0.0711. The predicted octanol–water partition coefficient (Wildman–Crippen LogP) is 2.03. The summed E-state index contributed by atoms with van der Waals surface area (Å²) in [6.45, 7) is 4.75. The van der Waals surface area contributed by atoms with Crippen LogP contribution in [0.15, 0.2) is 24.3 Å². The molecule has 4 rings (SSSR count). The van der Waals surface area contributed by atoms with Gasteiger partial charge in [-0.2, -0.15) is 0 Å². The van der Waals surface area contributed by atoms with Crippen molar-refractivity contribution in [2.45, 2.75) is 58.2 Å². The third-order valence-corrected chi connectivity index (χ3v) is 5.76. The molecular formula is C21H28N6O2. The van der Waals surface area contributed by atoms with Crippen LogP contribution in [0.1, 0.15) is 53.3 Å². The summed E-state index contributed by atoms with van der Waals surface area (Å²) in [6, 6.07) is 7.40. The van der Waals surface area contributed by atoms with E-state index in [1.54, 1.807) is 0 Å². The van der Waals surface area contributed by atoms with Crippen LogP contribution >= 0.6 is 0 Å². The summed E-state index contributed by atoms with van der Waals surface area (Å²) in [5.74, 6) is 1.97. The molecule has 3 amide bonds. The number of carbonyl (C=O) groups excluding carboxylic acids is 2. The van der Waals surface area contributed by atoms with Gasteiger partial charge in [0.25, 0.3) is 5.91 Å². The van der Waals surface area contributed by atoms with Gasteiger partial charge in [0.05, 0.1) is 0 Å². The van der Waals surface area contributed by atoms with E-state index in [-0.39, 0.29) is 18.0 Å². The maximum Gasteiger partial charge on any atom is 0.315 e. The van der Waals surface area contributed by atoms with Gasteiger partial charge in [-0.05, 0) is 50.3 Å². The molecule has 2 aliphatic heterocycles. The van der Waals surface area contributed by atoms with Crippen molar-refractivity contribution in [1.82, 2.24) is 30.3 Å². The van der Waals surface area contributed by atoms with Crippen LogP contribution in [-0.4, -0.2) is 50.7 Å². The number of nitrogens with one attached hydrogen (secondary N) is 2. The summed E-state index contributed by atoms with van der Waals surface area (Å²) in [4.78, 5) is 26.7. The van der Waals surface area contributed by atoms with Crippen molar-refractivity contribution in [3.05, 3.63) is 47.0 Å². The molecule has 8 heteroatoms. The van der Waals surface area contributed by atoms with Gasteiger partial charge in [-0.25, -0.2) is 4.79 Å². The van der Waals surface area contributed by atoms with Crippen molar-refractivity contribution in [3.63, 3.8) is 0 Å². The zero-order valence-electron chi connectivity index (χ0n) is 16.9. The predicted molar refractivity (Wildman–Crippen MR) is 108 cm³/mol. The van der Waals surface area contributed by atoms with Crippen LogP contribution in [0.2, 0.25) is 0 Å². The van der Waals surface area contributed by atoms with E-state index in [9.17, 15) is 9.59 Å². The molecule has 0 aliphatic carbocycles. The summed E-state index contributed by atoms with van der Waals surface area (Å²) < 4.78 is 2.06. The molecule has 1 aromatic carbocycles. The Morgan fingerprint density at radius 3 is 2.62 bits per heavy atom. The first-order valence-corrected chi connectivity index (χ1v) is 10.4. The van der Waals surface area contributed by atoms with Gasteiger partial charge in [-0.3, -0.25) is 4.79 Å². The smallest absolute Gasteiger partial charge is 0.315 e. The van der Waals surface area contributed by atoms with Crippen LogP contribution in [0.3, 0.4) is 0 Å². The van der Waals surface area contributed by atoms with Gasteiger partial charge in [0, 0.05) is 44.2 Å². The summed E-state index contributed by atoms with van der Waals surface area (Å²) in [7, 11) is 0. The molecule has 2 aliphatic rings. The second-order valence-corrected chi connectivity index (χ2v) is 7.89. The van der Waals surface area contributed by atoms with E-state index < -0.39 is 0 Å². The number of fused-ring (bicyclic) bond motifs is 1. The summed E-state index contributed by atoms with van der Waals surface area (Å²) in [5.41, 5.74) is 1.68. The number of nitrogens with zero attached hydrogens (tertiary/aromatic N) is 4. The Labute approximate surface area is 170 Å². The topological polar surface area (TPSA) is 92.1 Å². The molecule has 1 aromatic heterocycles. The molecule has 29 heavy (non-hydrogen) atoms. The Hall–Kier alpha value is -2.90. The van der Waals surface area contributed by atoms with Crippen molar-refractivity contribution in [2.75, 3.05) is 13.1 Å². The zero-order chi connectivity index (χ0) is 20.2. The van der Waals surface area contributed by atoms with Crippen LogP contribution < -0.4 is 10.6 Å². The molecule has 0 radical (unpaired) electrons. The fourth-order valence-corrected chi connectivity index (χ4v) is 4.04. The highest BCUT2D eigenvalue weighted by molar-refractivity contribution is 5.94. The lowest BCUT2D eigenvalue weighted by molar-refractivity contribution is 0.0724. The van der Waals surface area contributed by atoms with E-state index in [2.05, 4.69) is 25.4 Å². The average molecular weight is 396 g/mol. The zero-order valence-corrected chi connectivity index (χ0v) is 16.9. The molecule has 8 nitrogen and oxygen atoms in total. The lowest BCUT2D eigenvalue weighted by Crippen LogP contribution is -2.45. The minimum Gasteiger partial charge on any atom is -0.339 e. The first-order chi connectivity index (χ1) is 14.1. The lowest BCUT2D eigenvalue weighted by atomic mass is 10.1. The summed E-state index contributed by atoms with van der Waals surface area (Å²) >= 11 is 0. The number of urea groups is 1. The number of amides is 3. The summed E-state index contributed by atoms with van der Waals surface area (Å²) in [5, 5.41) is 14.2. The van der Waals surface area contributed by atoms with Gasteiger partial charge in [-0.15, -0.1) is 10.2 Å². The Bertz CT molecular complexity index is 870. The maximum atomic E-state index is 12.5. The van der Waals surface area contributed by atoms with E-state index in [0.717, 1.165) is 56.0 Å². The fraction of sp³-hybridized carbons (Fsp3) is 0.524. The molecule has 2 aromatic rings. The van der Waals surface area contributed by atoms with Crippen molar-refractivity contribution in [1.29, 1.82) is 0 Å². The van der Waals surface area contributed by atoms with Gasteiger partial charge < -0.3 is 20.1 Å². The van der Waals surface area contributed by atoms with Crippen molar-refractivity contribution in [3.8, 4) is 0 Å². The molecule has 3 heterocycles. The number of piperidine rings is 1. The lowest BCUT2D eigenvalue weighted by Gasteiger charge is -2.26. The summed E-state index contributed by atoms with van der Waals surface area (Å²) in [6.07, 6.45) is 5.05. The monoisotopic (exact) mass is 396 g/mol. The largest absolute Gasteiger partial charge is 0.339 e. The highest BCUT2D eigenvalue weighted by Crippen LogP contribution is 2.15. The Morgan fingerprint density at radius 2 is 1.86 bits per heavy atom. The molecule has 0 saturated carbocycles. The van der Waals surface area contributed by atoms with Crippen LogP contribution in [-0.2, 0) is 19.5 Å². The fourth-order valence-electron chi connectivity index (χ4n) is 4.04. The Morgan fingerprint density at radius 1 is 1.10 bits per heavy atom. The van der Waals surface area contributed by atoms with E-state index in [4.69, 9.17) is 0 Å².